The Morgan fingerprint density at radius 1 is 0.862 bits per heavy atom. The molecule has 0 N–H and O–H groups in total. The lowest BCUT2D eigenvalue weighted by Gasteiger charge is -2.14. The standard InChI is InChI=1S/C23H19NO5/c1-26-19-11-10-16(20(27-2)21(19)28-3)13-18-23(25)29-22(24-18)17-9-8-14-6-4-5-7-15(14)12-17/h4-13H,1-3H3/b18-13-. The predicted molar refractivity (Wildman–Crippen MR) is 111 cm³/mol. The van der Waals surface area contributed by atoms with Gasteiger partial charge in [0.15, 0.2) is 17.2 Å². The SMILES string of the molecule is COc1ccc(/C=C2\N=C(c3ccc4ccccc4c3)OC2=O)c(OC)c1OC. The number of hydrogen-bond donors (Lipinski definition) is 0. The highest BCUT2D eigenvalue weighted by molar-refractivity contribution is 6.13. The number of nitrogens with zero attached hydrogens (tertiary/aromatic N) is 1. The van der Waals surface area contributed by atoms with E-state index >= 15 is 0 Å². The van der Waals surface area contributed by atoms with Gasteiger partial charge in [-0.2, -0.15) is 0 Å². The second-order valence-corrected chi connectivity index (χ2v) is 6.32. The van der Waals surface area contributed by atoms with E-state index in [2.05, 4.69) is 4.99 Å². The molecule has 0 aromatic heterocycles. The average molecular weight is 389 g/mol. The zero-order valence-corrected chi connectivity index (χ0v) is 16.3. The number of rotatable bonds is 5. The fourth-order valence-electron chi connectivity index (χ4n) is 3.24. The fourth-order valence-corrected chi connectivity index (χ4v) is 3.24. The quantitative estimate of drug-likeness (QED) is 0.483. The van der Waals surface area contributed by atoms with Gasteiger partial charge in [0.05, 0.1) is 21.3 Å². The van der Waals surface area contributed by atoms with Crippen molar-refractivity contribution in [1.82, 2.24) is 0 Å². The van der Waals surface area contributed by atoms with E-state index in [1.807, 2.05) is 42.5 Å². The molecule has 6 heteroatoms. The molecular formula is C23H19NO5. The first-order valence-corrected chi connectivity index (χ1v) is 8.95. The maximum absolute atomic E-state index is 12.4. The summed E-state index contributed by atoms with van der Waals surface area (Å²) < 4.78 is 21.5. The maximum atomic E-state index is 12.4. The molecular weight excluding hydrogens is 370 g/mol. The largest absolute Gasteiger partial charge is 0.493 e. The molecule has 6 nitrogen and oxygen atoms in total. The van der Waals surface area contributed by atoms with Crippen molar-refractivity contribution in [1.29, 1.82) is 0 Å². The summed E-state index contributed by atoms with van der Waals surface area (Å²) in [5.41, 5.74) is 1.54. The lowest BCUT2D eigenvalue weighted by molar-refractivity contribution is -0.129. The minimum Gasteiger partial charge on any atom is -0.493 e. The Labute approximate surface area is 168 Å². The molecule has 0 saturated carbocycles. The number of carbonyl (C=O) groups excluding carboxylic acids is 1. The smallest absolute Gasteiger partial charge is 0.363 e. The Morgan fingerprint density at radius 2 is 1.62 bits per heavy atom. The number of methoxy groups -OCH3 is 3. The van der Waals surface area contributed by atoms with E-state index in [4.69, 9.17) is 18.9 Å². The van der Waals surface area contributed by atoms with E-state index in [1.165, 1.54) is 14.2 Å². The summed E-state index contributed by atoms with van der Waals surface area (Å²) in [7, 11) is 4.59. The van der Waals surface area contributed by atoms with Gasteiger partial charge in [0.25, 0.3) is 0 Å². The van der Waals surface area contributed by atoms with Crippen molar-refractivity contribution in [3.63, 3.8) is 0 Å². The zero-order valence-electron chi connectivity index (χ0n) is 16.3. The van der Waals surface area contributed by atoms with Crippen LogP contribution < -0.4 is 14.2 Å². The number of carbonyl (C=O) groups is 1. The van der Waals surface area contributed by atoms with Gasteiger partial charge in [-0.25, -0.2) is 9.79 Å². The van der Waals surface area contributed by atoms with Gasteiger partial charge in [-0.3, -0.25) is 0 Å². The van der Waals surface area contributed by atoms with Crippen LogP contribution >= 0.6 is 0 Å². The van der Waals surface area contributed by atoms with Gasteiger partial charge in [0.2, 0.25) is 11.6 Å². The summed E-state index contributed by atoms with van der Waals surface area (Å²) in [6, 6.07) is 17.3. The molecule has 0 amide bonds. The van der Waals surface area contributed by atoms with Gasteiger partial charge in [-0.05, 0) is 41.1 Å². The average Bonchev–Trinajstić information content (AvgIpc) is 3.13. The highest BCUT2D eigenvalue weighted by Gasteiger charge is 2.25. The summed E-state index contributed by atoms with van der Waals surface area (Å²) >= 11 is 0. The summed E-state index contributed by atoms with van der Waals surface area (Å²) in [4.78, 5) is 16.8. The molecule has 3 aromatic carbocycles. The monoisotopic (exact) mass is 389 g/mol. The van der Waals surface area contributed by atoms with Crippen LogP contribution in [-0.4, -0.2) is 33.2 Å². The minimum atomic E-state index is -0.523. The van der Waals surface area contributed by atoms with Crippen LogP contribution in [0.2, 0.25) is 0 Å². The number of cyclic esters (lactones) is 1. The summed E-state index contributed by atoms with van der Waals surface area (Å²) in [5, 5.41) is 2.15. The molecule has 4 rings (SSSR count). The molecule has 1 aliphatic rings. The molecule has 0 aliphatic carbocycles. The van der Waals surface area contributed by atoms with Crippen molar-refractivity contribution in [2.75, 3.05) is 21.3 Å². The second-order valence-electron chi connectivity index (χ2n) is 6.32. The number of fused-ring (bicyclic) bond motifs is 1. The van der Waals surface area contributed by atoms with Crippen LogP contribution in [0.15, 0.2) is 65.3 Å². The second kappa shape index (κ2) is 7.67. The van der Waals surface area contributed by atoms with Gasteiger partial charge < -0.3 is 18.9 Å². The van der Waals surface area contributed by atoms with Crippen molar-refractivity contribution >= 4 is 28.7 Å². The third-order valence-electron chi connectivity index (χ3n) is 4.64. The molecule has 0 unspecified atom stereocenters. The van der Waals surface area contributed by atoms with Gasteiger partial charge in [-0.1, -0.05) is 30.3 Å². The first-order valence-electron chi connectivity index (χ1n) is 8.95. The number of hydrogen-bond acceptors (Lipinski definition) is 6. The normalized spacial score (nSPS) is 14.7. The van der Waals surface area contributed by atoms with E-state index in [9.17, 15) is 4.79 Å². The van der Waals surface area contributed by atoms with Crippen LogP contribution in [0.3, 0.4) is 0 Å². The molecule has 29 heavy (non-hydrogen) atoms. The van der Waals surface area contributed by atoms with Crippen molar-refractivity contribution in [2.24, 2.45) is 4.99 Å². The van der Waals surface area contributed by atoms with Gasteiger partial charge in [-0.15, -0.1) is 0 Å². The molecule has 0 spiro atoms. The molecule has 3 aromatic rings. The summed E-state index contributed by atoms with van der Waals surface area (Å²) in [5.74, 6) is 1.16. The van der Waals surface area contributed by atoms with Crippen molar-refractivity contribution < 1.29 is 23.7 Å². The van der Waals surface area contributed by atoms with Crippen molar-refractivity contribution in [3.05, 3.63) is 71.4 Å². The van der Waals surface area contributed by atoms with Gasteiger partial charge in [0.1, 0.15) is 0 Å². The number of aliphatic imine (C=N–C) groups is 1. The number of esters is 1. The zero-order chi connectivity index (χ0) is 20.4. The van der Waals surface area contributed by atoms with E-state index in [0.29, 0.717) is 22.8 Å². The Kier molecular flexibility index (Phi) is 4.91. The van der Waals surface area contributed by atoms with Gasteiger partial charge >= 0.3 is 5.97 Å². The molecule has 1 heterocycles. The maximum Gasteiger partial charge on any atom is 0.363 e. The Hall–Kier alpha value is -3.80. The third kappa shape index (κ3) is 3.40. The van der Waals surface area contributed by atoms with Crippen LogP contribution in [0.1, 0.15) is 11.1 Å². The lowest BCUT2D eigenvalue weighted by Crippen LogP contribution is -2.05. The van der Waals surface area contributed by atoms with E-state index in [-0.39, 0.29) is 11.6 Å². The number of benzene rings is 3. The first-order chi connectivity index (χ1) is 14.1. The Bertz CT molecular complexity index is 1160. The topological polar surface area (TPSA) is 66.4 Å². The molecule has 1 aliphatic heterocycles. The van der Waals surface area contributed by atoms with Crippen LogP contribution in [-0.2, 0) is 9.53 Å². The minimum absolute atomic E-state index is 0.179. The molecule has 0 radical (unpaired) electrons. The van der Waals surface area contributed by atoms with E-state index in [1.54, 1.807) is 25.3 Å². The Morgan fingerprint density at radius 3 is 2.34 bits per heavy atom. The van der Waals surface area contributed by atoms with Crippen molar-refractivity contribution in [2.45, 2.75) is 0 Å². The van der Waals surface area contributed by atoms with Crippen LogP contribution in [0.4, 0.5) is 0 Å². The highest BCUT2D eigenvalue weighted by Crippen LogP contribution is 2.41. The number of ether oxygens (including phenoxy) is 4. The van der Waals surface area contributed by atoms with Crippen molar-refractivity contribution in [3.8, 4) is 17.2 Å². The van der Waals surface area contributed by atoms with Crippen LogP contribution in [0.25, 0.3) is 16.8 Å². The van der Waals surface area contributed by atoms with E-state index < -0.39 is 5.97 Å². The molecule has 146 valence electrons. The van der Waals surface area contributed by atoms with Crippen LogP contribution in [0.5, 0.6) is 17.2 Å². The highest BCUT2D eigenvalue weighted by atomic mass is 16.6. The molecule has 0 fully saturated rings. The summed E-state index contributed by atoms with van der Waals surface area (Å²) in [6.07, 6.45) is 1.61. The molecule has 0 atom stereocenters. The summed E-state index contributed by atoms with van der Waals surface area (Å²) in [6.45, 7) is 0. The third-order valence-corrected chi connectivity index (χ3v) is 4.64. The first kappa shape index (κ1) is 18.6. The Balaban J connectivity index is 1.74. The van der Waals surface area contributed by atoms with Gasteiger partial charge in [0, 0.05) is 11.1 Å². The molecule has 0 saturated heterocycles. The van der Waals surface area contributed by atoms with Crippen LogP contribution in [0, 0.1) is 0 Å². The lowest BCUT2D eigenvalue weighted by atomic mass is 10.1. The molecule has 0 bridgehead atoms. The van der Waals surface area contributed by atoms with E-state index in [0.717, 1.165) is 16.3 Å². The predicted octanol–water partition coefficient (Wildman–Crippen LogP) is 4.21. The fraction of sp³-hybridized carbons (Fsp3) is 0.130.